The lowest BCUT2D eigenvalue weighted by Gasteiger charge is -2.38. The molecule has 0 bridgehead atoms. The fraction of sp³-hybridized carbons (Fsp3) is 1.00. The summed E-state index contributed by atoms with van der Waals surface area (Å²) in [6, 6.07) is 0. The lowest BCUT2D eigenvalue weighted by atomic mass is 9.87. The Morgan fingerprint density at radius 1 is 1.19 bits per heavy atom. The molecule has 0 amide bonds. The first-order valence-electron chi connectivity index (χ1n) is 6.56. The Kier molecular flexibility index (Phi) is 4.61. The van der Waals surface area contributed by atoms with Crippen molar-refractivity contribution >= 4 is 8.32 Å². The van der Waals surface area contributed by atoms with Gasteiger partial charge in [0.2, 0.25) is 0 Å². The van der Waals surface area contributed by atoms with Crippen molar-refractivity contribution in [2.45, 2.75) is 70.7 Å². The average Bonchev–Trinajstić information content (AvgIpc) is 2.15. The van der Waals surface area contributed by atoms with E-state index in [0.717, 1.165) is 19.4 Å². The van der Waals surface area contributed by atoms with E-state index in [1.54, 1.807) is 0 Å². The van der Waals surface area contributed by atoms with E-state index in [0.29, 0.717) is 5.92 Å². The molecule has 3 heteroatoms. The Bertz CT molecular complexity index is 220. The average molecular weight is 244 g/mol. The van der Waals surface area contributed by atoms with E-state index in [-0.39, 0.29) is 11.1 Å². The first-order chi connectivity index (χ1) is 7.24. The quantitative estimate of drug-likeness (QED) is 0.769. The second-order valence-corrected chi connectivity index (χ2v) is 11.5. The van der Waals surface area contributed by atoms with Crippen LogP contribution < -0.4 is 0 Å². The van der Waals surface area contributed by atoms with Crippen molar-refractivity contribution in [3.05, 3.63) is 0 Å². The van der Waals surface area contributed by atoms with E-state index >= 15 is 0 Å². The Morgan fingerprint density at radius 3 is 2.25 bits per heavy atom. The SMILES string of the molecule is CC(C)(C)[Si](C)(C)OC[C@H]1CCCC[C@H]1O. The predicted octanol–water partition coefficient (Wildman–Crippen LogP) is 3.56. The molecule has 1 aliphatic rings. The van der Waals surface area contributed by atoms with Crippen molar-refractivity contribution in [3.63, 3.8) is 0 Å². The van der Waals surface area contributed by atoms with Crippen molar-refractivity contribution < 1.29 is 9.53 Å². The summed E-state index contributed by atoms with van der Waals surface area (Å²) in [7, 11) is -1.63. The van der Waals surface area contributed by atoms with Gasteiger partial charge in [0.05, 0.1) is 6.10 Å². The van der Waals surface area contributed by atoms with Crippen LogP contribution in [0.5, 0.6) is 0 Å². The summed E-state index contributed by atoms with van der Waals surface area (Å²) in [6.45, 7) is 12.1. The number of aliphatic hydroxyl groups is 1. The highest BCUT2D eigenvalue weighted by atomic mass is 28.4. The lowest BCUT2D eigenvalue weighted by molar-refractivity contribution is 0.0389. The number of rotatable bonds is 3. The summed E-state index contributed by atoms with van der Waals surface area (Å²) in [5, 5.41) is 10.2. The number of aliphatic hydroxyl groups excluding tert-OH is 1. The Labute approximate surface area is 102 Å². The van der Waals surface area contributed by atoms with Gasteiger partial charge in [0.1, 0.15) is 0 Å². The van der Waals surface area contributed by atoms with Crippen LogP contribution in [0.2, 0.25) is 18.1 Å². The van der Waals surface area contributed by atoms with Crippen molar-refractivity contribution in [2.75, 3.05) is 6.61 Å². The van der Waals surface area contributed by atoms with Gasteiger partial charge in [0, 0.05) is 12.5 Å². The van der Waals surface area contributed by atoms with Gasteiger partial charge in [-0.2, -0.15) is 0 Å². The first kappa shape index (κ1) is 14.2. The smallest absolute Gasteiger partial charge is 0.191 e. The third-order valence-electron chi connectivity index (χ3n) is 4.33. The maximum absolute atomic E-state index is 9.90. The van der Waals surface area contributed by atoms with Crippen molar-refractivity contribution in [3.8, 4) is 0 Å². The van der Waals surface area contributed by atoms with Crippen LogP contribution in [0.4, 0.5) is 0 Å². The minimum absolute atomic E-state index is 0.126. The summed E-state index contributed by atoms with van der Waals surface area (Å²) in [5.41, 5.74) is 0. The van der Waals surface area contributed by atoms with E-state index in [1.807, 2.05) is 0 Å². The molecule has 2 nitrogen and oxygen atoms in total. The van der Waals surface area contributed by atoms with Gasteiger partial charge >= 0.3 is 0 Å². The van der Waals surface area contributed by atoms with Crippen LogP contribution in [0.15, 0.2) is 0 Å². The van der Waals surface area contributed by atoms with Gasteiger partial charge in [-0.1, -0.05) is 33.6 Å². The zero-order valence-corrected chi connectivity index (χ0v) is 12.5. The molecule has 0 spiro atoms. The Morgan fingerprint density at radius 2 is 1.75 bits per heavy atom. The van der Waals surface area contributed by atoms with Crippen LogP contribution in [0.1, 0.15) is 46.5 Å². The van der Waals surface area contributed by atoms with Crippen molar-refractivity contribution in [1.29, 1.82) is 0 Å². The molecule has 1 rings (SSSR count). The summed E-state index contributed by atoms with van der Waals surface area (Å²) < 4.78 is 6.18. The van der Waals surface area contributed by atoms with Gasteiger partial charge in [0.15, 0.2) is 8.32 Å². The third kappa shape index (κ3) is 3.57. The van der Waals surface area contributed by atoms with Gasteiger partial charge in [-0.3, -0.25) is 0 Å². The van der Waals surface area contributed by atoms with Crippen LogP contribution >= 0.6 is 0 Å². The molecule has 1 saturated carbocycles. The van der Waals surface area contributed by atoms with Gasteiger partial charge < -0.3 is 9.53 Å². The monoisotopic (exact) mass is 244 g/mol. The summed E-state index contributed by atoms with van der Waals surface area (Å²) in [5.74, 6) is 0.378. The van der Waals surface area contributed by atoms with Gasteiger partial charge in [-0.15, -0.1) is 0 Å². The highest BCUT2D eigenvalue weighted by molar-refractivity contribution is 6.74. The minimum atomic E-state index is -1.63. The maximum atomic E-state index is 9.90. The van der Waals surface area contributed by atoms with Gasteiger partial charge in [-0.05, 0) is 31.0 Å². The molecule has 0 radical (unpaired) electrons. The molecule has 0 aromatic carbocycles. The van der Waals surface area contributed by atoms with Crippen molar-refractivity contribution in [1.82, 2.24) is 0 Å². The maximum Gasteiger partial charge on any atom is 0.191 e. The molecule has 0 heterocycles. The molecule has 1 fully saturated rings. The Hall–Kier alpha value is 0.137. The predicted molar refractivity (Wildman–Crippen MR) is 71.1 cm³/mol. The molecule has 0 saturated heterocycles. The van der Waals surface area contributed by atoms with E-state index in [4.69, 9.17) is 4.43 Å². The number of hydrogen-bond donors (Lipinski definition) is 1. The van der Waals surface area contributed by atoms with Crippen LogP contribution in [-0.4, -0.2) is 26.1 Å². The molecule has 16 heavy (non-hydrogen) atoms. The minimum Gasteiger partial charge on any atom is -0.416 e. The number of hydrogen-bond acceptors (Lipinski definition) is 2. The lowest BCUT2D eigenvalue weighted by Crippen LogP contribution is -2.43. The summed E-state index contributed by atoms with van der Waals surface area (Å²) >= 11 is 0. The second-order valence-electron chi connectivity index (χ2n) is 6.68. The fourth-order valence-electron chi connectivity index (χ4n) is 1.91. The van der Waals surface area contributed by atoms with Gasteiger partial charge in [-0.25, -0.2) is 0 Å². The molecule has 0 aromatic rings. The van der Waals surface area contributed by atoms with Crippen LogP contribution in [0, 0.1) is 5.92 Å². The first-order valence-corrected chi connectivity index (χ1v) is 9.47. The highest BCUT2D eigenvalue weighted by Crippen LogP contribution is 2.37. The molecule has 1 aliphatic carbocycles. The molecule has 0 unspecified atom stereocenters. The van der Waals surface area contributed by atoms with E-state index in [9.17, 15) is 5.11 Å². The van der Waals surface area contributed by atoms with Crippen molar-refractivity contribution in [2.24, 2.45) is 5.92 Å². The van der Waals surface area contributed by atoms with Gasteiger partial charge in [0.25, 0.3) is 0 Å². The zero-order chi connectivity index (χ0) is 12.4. The summed E-state index contributed by atoms with van der Waals surface area (Å²) in [4.78, 5) is 0. The normalized spacial score (nSPS) is 28.1. The van der Waals surface area contributed by atoms with E-state index < -0.39 is 8.32 Å². The molecule has 1 N–H and O–H groups in total. The molecular formula is C13H28O2Si. The summed E-state index contributed by atoms with van der Waals surface area (Å²) in [6.07, 6.45) is 4.40. The largest absolute Gasteiger partial charge is 0.416 e. The molecule has 0 aliphatic heterocycles. The second kappa shape index (κ2) is 5.19. The van der Waals surface area contributed by atoms with E-state index in [2.05, 4.69) is 33.9 Å². The van der Waals surface area contributed by atoms with E-state index in [1.165, 1.54) is 12.8 Å². The molecule has 2 atom stereocenters. The zero-order valence-electron chi connectivity index (χ0n) is 11.5. The fourth-order valence-corrected chi connectivity index (χ4v) is 2.98. The van der Waals surface area contributed by atoms with Crippen LogP contribution in [0.3, 0.4) is 0 Å². The molecule has 96 valence electrons. The van der Waals surface area contributed by atoms with Crippen LogP contribution in [0.25, 0.3) is 0 Å². The van der Waals surface area contributed by atoms with Crippen LogP contribution in [-0.2, 0) is 4.43 Å². The third-order valence-corrected chi connectivity index (χ3v) is 8.83. The molecule has 0 aromatic heterocycles. The standard InChI is InChI=1S/C13H28O2Si/c1-13(2,3)16(4,5)15-10-11-8-6-7-9-12(11)14/h11-12,14H,6-10H2,1-5H3/t11-,12-/m1/s1. The topological polar surface area (TPSA) is 29.5 Å². The highest BCUT2D eigenvalue weighted by Gasteiger charge is 2.38. The Balaban J connectivity index is 2.44. The molecular weight excluding hydrogens is 216 g/mol.